The maximum absolute atomic E-state index is 12.7. The van der Waals surface area contributed by atoms with Gasteiger partial charge in [-0.15, -0.1) is 0 Å². The Hall–Kier alpha value is -3.39. The molecule has 2 heterocycles. The number of benzene rings is 2. The summed E-state index contributed by atoms with van der Waals surface area (Å²) in [7, 11) is 1.58. The summed E-state index contributed by atoms with van der Waals surface area (Å²) in [5.74, 6) is 0.884. The Kier molecular flexibility index (Phi) is 5.44. The van der Waals surface area contributed by atoms with E-state index in [0.29, 0.717) is 60.0 Å². The molecule has 1 N–H and O–H groups in total. The number of anilines is 1. The quantitative estimate of drug-likeness (QED) is 0.714. The molecule has 1 aliphatic rings. The van der Waals surface area contributed by atoms with Gasteiger partial charge in [-0.2, -0.15) is 0 Å². The van der Waals surface area contributed by atoms with Crippen LogP contribution < -0.4 is 20.3 Å². The number of nitrogens with zero attached hydrogens (tertiary/aromatic N) is 2. The molecule has 1 amide bonds. The predicted molar refractivity (Wildman–Crippen MR) is 108 cm³/mol. The second kappa shape index (κ2) is 8.32. The average molecular weight is 395 g/mol. The van der Waals surface area contributed by atoms with Gasteiger partial charge < -0.3 is 19.5 Å². The Morgan fingerprint density at radius 1 is 1.17 bits per heavy atom. The van der Waals surface area contributed by atoms with Crippen molar-refractivity contribution < 1.29 is 19.0 Å². The molecule has 0 unspecified atom stereocenters. The van der Waals surface area contributed by atoms with E-state index >= 15 is 0 Å². The molecule has 8 nitrogen and oxygen atoms in total. The van der Waals surface area contributed by atoms with Crippen LogP contribution in [-0.2, 0) is 11.3 Å². The molecule has 8 heteroatoms. The molecule has 0 radical (unpaired) electrons. The van der Waals surface area contributed by atoms with Gasteiger partial charge in [0.15, 0.2) is 11.5 Å². The smallest absolute Gasteiger partial charge is 0.261 e. The van der Waals surface area contributed by atoms with Crippen LogP contribution in [0.3, 0.4) is 0 Å². The molecule has 0 spiro atoms. The van der Waals surface area contributed by atoms with E-state index in [-0.39, 0.29) is 11.5 Å². The van der Waals surface area contributed by atoms with Gasteiger partial charge in [0.2, 0.25) is 0 Å². The molecule has 0 aliphatic carbocycles. The van der Waals surface area contributed by atoms with E-state index in [0.717, 1.165) is 6.42 Å². The number of carbonyl (C=O) groups is 1. The van der Waals surface area contributed by atoms with Crippen LogP contribution in [0.1, 0.15) is 16.8 Å². The Bertz CT molecular complexity index is 1110. The van der Waals surface area contributed by atoms with Crippen LogP contribution in [0.25, 0.3) is 10.9 Å². The van der Waals surface area contributed by atoms with Crippen molar-refractivity contribution in [1.29, 1.82) is 0 Å². The first-order chi connectivity index (χ1) is 14.2. The summed E-state index contributed by atoms with van der Waals surface area (Å²) in [4.78, 5) is 29.6. The number of ether oxygens (including phenoxy) is 3. The van der Waals surface area contributed by atoms with Crippen LogP contribution in [0.5, 0.6) is 11.5 Å². The lowest BCUT2D eigenvalue weighted by Crippen LogP contribution is -2.22. The summed E-state index contributed by atoms with van der Waals surface area (Å²) in [5, 5.41) is 3.26. The number of methoxy groups -OCH3 is 1. The SMILES string of the molecule is COCCn1cnc2ccc(NC(=O)c3ccc4c(c3)OCCCO4)cc2c1=O. The standard InChI is InChI=1S/C21H21N3O5/c1-27-10-7-24-13-22-17-5-4-15(12-16(17)21(24)26)23-20(25)14-3-6-18-19(11-14)29-9-2-8-28-18/h3-6,11-13H,2,7-10H2,1H3,(H,23,25). The second-order valence-corrected chi connectivity index (χ2v) is 6.63. The highest BCUT2D eigenvalue weighted by atomic mass is 16.5. The Labute approximate surface area is 167 Å². The highest BCUT2D eigenvalue weighted by Crippen LogP contribution is 2.30. The first-order valence-corrected chi connectivity index (χ1v) is 9.35. The second-order valence-electron chi connectivity index (χ2n) is 6.63. The maximum atomic E-state index is 12.7. The van der Waals surface area contributed by atoms with Gasteiger partial charge in [0.1, 0.15) is 0 Å². The van der Waals surface area contributed by atoms with Crippen LogP contribution in [0.4, 0.5) is 5.69 Å². The third kappa shape index (κ3) is 4.07. The van der Waals surface area contributed by atoms with Crippen molar-refractivity contribution in [2.24, 2.45) is 0 Å². The van der Waals surface area contributed by atoms with Crippen molar-refractivity contribution >= 4 is 22.5 Å². The Balaban J connectivity index is 1.58. The van der Waals surface area contributed by atoms with Crippen LogP contribution in [0, 0.1) is 0 Å². The molecule has 1 aliphatic heterocycles. The van der Waals surface area contributed by atoms with E-state index in [1.165, 1.54) is 10.9 Å². The molecule has 0 bridgehead atoms. The zero-order valence-electron chi connectivity index (χ0n) is 16.0. The number of nitrogens with one attached hydrogen (secondary N) is 1. The molecule has 29 heavy (non-hydrogen) atoms. The van der Waals surface area contributed by atoms with E-state index in [4.69, 9.17) is 14.2 Å². The molecule has 4 rings (SSSR count). The summed E-state index contributed by atoms with van der Waals surface area (Å²) in [6.07, 6.45) is 2.29. The predicted octanol–water partition coefficient (Wildman–Crippen LogP) is 2.46. The number of amides is 1. The van der Waals surface area contributed by atoms with Crippen LogP contribution >= 0.6 is 0 Å². The molecule has 150 valence electrons. The summed E-state index contributed by atoms with van der Waals surface area (Å²) in [5.41, 5.74) is 1.34. The lowest BCUT2D eigenvalue weighted by molar-refractivity contribution is 0.102. The summed E-state index contributed by atoms with van der Waals surface area (Å²) < 4.78 is 17.7. The summed E-state index contributed by atoms with van der Waals surface area (Å²) >= 11 is 0. The number of hydrogen-bond donors (Lipinski definition) is 1. The first kappa shape index (κ1) is 18.9. The fourth-order valence-corrected chi connectivity index (χ4v) is 3.09. The fourth-order valence-electron chi connectivity index (χ4n) is 3.09. The normalized spacial score (nSPS) is 13.1. The van der Waals surface area contributed by atoms with E-state index < -0.39 is 0 Å². The Morgan fingerprint density at radius 2 is 2.00 bits per heavy atom. The fraction of sp³-hybridized carbons (Fsp3) is 0.286. The number of fused-ring (bicyclic) bond motifs is 2. The van der Waals surface area contributed by atoms with Gasteiger partial charge in [0.05, 0.1) is 43.6 Å². The van der Waals surface area contributed by atoms with Gasteiger partial charge in [0, 0.05) is 24.8 Å². The molecule has 0 atom stereocenters. The Morgan fingerprint density at radius 3 is 2.83 bits per heavy atom. The zero-order chi connectivity index (χ0) is 20.2. The molecule has 0 saturated carbocycles. The van der Waals surface area contributed by atoms with Gasteiger partial charge in [-0.25, -0.2) is 4.98 Å². The van der Waals surface area contributed by atoms with Crippen molar-refractivity contribution in [2.45, 2.75) is 13.0 Å². The van der Waals surface area contributed by atoms with Crippen molar-refractivity contribution in [3.63, 3.8) is 0 Å². The third-order valence-electron chi connectivity index (χ3n) is 4.63. The van der Waals surface area contributed by atoms with E-state index in [1.54, 1.807) is 43.5 Å². The highest BCUT2D eigenvalue weighted by Gasteiger charge is 2.15. The molecule has 3 aromatic rings. The number of aromatic nitrogens is 2. The lowest BCUT2D eigenvalue weighted by atomic mass is 10.1. The van der Waals surface area contributed by atoms with Crippen LogP contribution in [0.2, 0.25) is 0 Å². The van der Waals surface area contributed by atoms with Crippen molar-refractivity contribution in [3.8, 4) is 11.5 Å². The van der Waals surface area contributed by atoms with Gasteiger partial charge in [0.25, 0.3) is 11.5 Å². The largest absolute Gasteiger partial charge is 0.490 e. The molecule has 0 saturated heterocycles. The molecule has 0 fully saturated rings. The van der Waals surface area contributed by atoms with Crippen molar-refractivity contribution in [3.05, 3.63) is 58.6 Å². The van der Waals surface area contributed by atoms with Crippen LogP contribution in [-0.4, -0.2) is 42.4 Å². The van der Waals surface area contributed by atoms with Gasteiger partial charge in [-0.3, -0.25) is 14.2 Å². The number of hydrogen-bond acceptors (Lipinski definition) is 6. The van der Waals surface area contributed by atoms with Crippen molar-refractivity contribution in [2.75, 3.05) is 32.2 Å². The monoisotopic (exact) mass is 395 g/mol. The molecule has 2 aromatic carbocycles. The van der Waals surface area contributed by atoms with Gasteiger partial charge in [-0.05, 0) is 36.4 Å². The third-order valence-corrected chi connectivity index (χ3v) is 4.63. The topological polar surface area (TPSA) is 91.7 Å². The summed E-state index contributed by atoms with van der Waals surface area (Å²) in [6, 6.07) is 10.1. The molecular weight excluding hydrogens is 374 g/mol. The zero-order valence-corrected chi connectivity index (χ0v) is 16.0. The van der Waals surface area contributed by atoms with Crippen LogP contribution in [0.15, 0.2) is 47.5 Å². The number of rotatable bonds is 5. The molecular formula is C21H21N3O5. The van der Waals surface area contributed by atoms with E-state index in [2.05, 4.69) is 10.3 Å². The minimum atomic E-state index is -0.302. The van der Waals surface area contributed by atoms with Crippen molar-refractivity contribution in [1.82, 2.24) is 9.55 Å². The average Bonchev–Trinajstić information content (AvgIpc) is 2.98. The van der Waals surface area contributed by atoms with E-state index in [9.17, 15) is 9.59 Å². The maximum Gasteiger partial charge on any atom is 0.261 e. The highest BCUT2D eigenvalue weighted by molar-refractivity contribution is 6.05. The minimum Gasteiger partial charge on any atom is -0.490 e. The number of carbonyl (C=O) groups excluding carboxylic acids is 1. The van der Waals surface area contributed by atoms with E-state index in [1.807, 2.05) is 0 Å². The van der Waals surface area contributed by atoms with Gasteiger partial charge in [-0.1, -0.05) is 0 Å². The summed E-state index contributed by atoms with van der Waals surface area (Å²) in [6.45, 7) is 1.95. The molecule has 1 aromatic heterocycles. The first-order valence-electron chi connectivity index (χ1n) is 9.35. The van der Waals surface area contributed by atoms with Gasteiger partial charge >= 0.3 is 0 Å². The lowest BCUT2D eigenvalue weighted by Gasteiger charge is -2.11. The minimum absolute atomic E-state index is 0.182.